The molecule has 0 saturated carbocycles. The Morgan fingerprint density at radius 3 is 1.67 bits per heavy atom. The van der Waals surface area contributed by atoms with E-state index >= 15 is 0 Å². The lowest BCUT2D eigenvalue weighted by Crippen LogP contribution is -1.93. The highest BCUT2D eigenvalue weighted by atomic mass is 19.1. The minimum Gasteiger partial charge on any atom is -0.206 e. The summed E-state index contributed by atoms with van der Waals surface area (Å²) < 4.78 is 14.3. The third kappa shape index (κ3) is 5.29. The Kier molecular flexibility index (Phi) is 6.81. The molecule has 0 atom stereocenters. The molecule has 0 bridgehead atoms. The molecule has 0 unspecified atom stereocenters. The van der Waals surface area contributed by atoms with Gasteiger partial charge < -0.3 is 0 Å². The molecule has 0 amide bonds. The molecule has 0 radical (unpaired) electrons. The highest BCUT2D eigenvalue weighted by molar-refractivity contribution is 5.64. The lowest BCUT2D eigenvalue weighted by Gasteiger charge is -2.08. The summed E-state index contributed by atoms with van der Waals surface area (Å²) in [6.45, 7) is 4.27. The molecule has 0 aliphatic heterocycles. The number of hydrogen-bond acceptors (Lipinski definition) is 0. The summed E-state index contributed by atoms with van der Waals surface area (Å²) in [5, 5.41) is 0. The first-order chi connectivity index (χ1) is 13.2. The zero-order chi connectivity index (χ0) is 19.1. The van der Waals surface area contributed by atoms with E-state index in [0.29, 0.717) is 5.56 Å². The fraction of sp³-hybridized carbons (Fsp3) is 0.308. The van der Waals surface area contributed by atoms with Crippen LogP contribution in [0.5, 0.6) is 0 Å². The van der Waals surface area contributed by atoms with Crippen molar-refractivity contribution in [1.82, 2.24) is 0 Å². The van der Waals surface area contributed by atoms with E-state index in [1.165, 1.54) is 36.0 Å². The van der Waals surface area contributed by atoms with Gasteiger partial charge in [-0.1, -0.05) is 80.9 Å². The zero-order valence-electron chi connectivity index (χ0n) is 16.5. The molecule has 0 N–H and O–H groups in total. The van der Waals surface area contributed by atoms with Gasteiger partial charge in [-0.3, -0.25) is 0 Å². The zero-order valence-corrected chi connectivity index (χ0v) is 16.5. The third-order valence-corrected chi connectivity index (χ3v) is 5.25. The molecule has 0 saturated heterocycles. The predicted molar refractivity (Wildman–Crippen MR) is 114 cm³/mol. The van der Waals surface area contributed by atoms with Crippen LogP contribution in [-0.2, 0) is 25.7 Å². The van der Waals surface area contributed by atoms with Gasteiger partial charge in [0.1, 0.15) is 5.82 Å². The van der Waals surface area contributed by atoms with E-state index in [9.17, 15) is 4.39 Å². The molecule has 3 aromatic carbocycles. The van der Waals surface area contributed by atoms with Crippen molar-refractivity contribution in [3.8, 4) is 11.1 Å². The first-order valence-corrected chi connectivity index (χ1v) is 10.1. The maximum absolute atomic E-state index is 14.3. The Labute approximate surface area is 163 Å². The molecule has 0 fully saturated rings. The summed E-state index contributed by atoms with van der Waals surface area (Å²) in [5.41, 5.74) is 6.76. The minimum atomic E-state index is -0.134. The second kappa shape index (κ2) is 9.50. The first kappa shape index (κ1) is 19.4. The van der Waals surface area contributed by atoms with E-state index in [1.54, 1.807) is 6.07 Å². The van der Waals surface area contributed by atoms with Crippen LogP contribution in [0, 0.1) is 5.82 Å². The maximum Gasteiger partial charge on any atom is 0.131 e. The standard InChI is InChI=1S/C26H29F/c1-3-5-6-21-7-9-22(10-8-21)11-12-23-13-16-24(17-14-23)25-18-15-20(4-2)19-26(25)27/h7-10,13-19H,3-6,11-12H2,1-2H3. The van der Waals surface area contributed by atoms with Crippen molar-refractivity contribution in [3.05, 3.63) is 94.8 Å². The second-order valence-corrected chi connectivity index (χ2v) is 7.28. The van der Waals surface area contributed by atoms with E-state index in [-0.39, 0.29) is 5.82 Å². The largest absolute Gasteiger partial charge is 0.206 e. The summed E-state index contributed by atoms with van der Waals surface area (Å²) in [4.78, 5) is 0. The molecule has 0 aromatic heterocycles. The van der Waals surface area contributed by atoms with Crippen molar-refractivity contribution in [2.24, 2.45) is 0 Å². The number of aryl methyl sites for hydroxylation is 4. The molecule has 3 aromatic rings. The molecule has 0 spiro atoms. The van der Waals surface area contributed by atoms with Crippen LogP contribution in [0.4, 0.5) is 4.39 Å². The van der Waals surface area contributed by atoms with Gasteiger partial charge >= 0.3 is 0 Å². The molecule has 0 aliphatic carbocycles. The lowest BCUT2D eigenvalue weighted by atomic mass is 9.98. The van der Waals surface area contributed by atoms with Crippen LogP contribution in [0.25, 0.3) is 11.1 Å². The fourth-order valence-corrected chi connectivity index (χ4v) is 3.41. The van der Waals surface area contributed by atoms with Gasteiger partial charge in [0.05, 0.1) is 0 Å². The van der Waals surface area contributed by atoms with E-state index < -0.39 is 0 Å². The number of unbranched alkanes of at least 4 members (excludes halogenated alkanes) is 1. The van der Waals surface area contributed by atoms with Crippen LogP contribution in [0.1, 0.15) is 48.9 Å². The van der Waals surface area contributed by atoms with E-state index in [1.807, 2.05) is 31.2 Å². The van der Waals surface area contributed by atoms with Crippen LogP contribution >= 0.6 is 0 Å². The van der Waals surface area contributed by atoms with Gasteiger partial charge in [-0.2, -0.15) is 0 Å². The van der Waals surface area contributed by atoms with Gasteiger partial charge in [-0.25, -0.2) is 4.39 Å². The van der Waals surface area contributed by atoms with Crippen LogP contribution in [0.15, 0.2) is 66.7 Å². The first-order valence-electron chi connectivity index (χ1n) is 10.1. The summed E-state index contributed by atoms with van der Waals surface area (Å²) in [5.74, 6) is -0.134. The minimum absolute atomic E-state index is 0.134. The van der Waals surface area contributed by atoms with Crippen LogP contribution in [0.2, 0.25) is 0 Å². The Hall–Kier alpha value is -2.41. The molecule has 0 nitrogen and oxygen atoms in total. The van der Waals surface area contributed by atoms with Crippen molar-refractivity contribution in [1.29, 1.82) is 0 Å². The molecule has 140 valence electrons. The summed E-state index contributed by atoms with van der Waals surface area (Å²) in [6, 6.07) is 22.9. The number of benzene rings is 3. The van der Waals surface area contributed by atoms with Gasteiger partial charge in [-0.15, -0.1) is 0 Å². The van der Waals surface area contributed by atoms with Gasteiger partial charge in [0.2, 0.25) is 0 Å². The van der Waals surface area contributed by atoms with E-state index in [4.69, 9.17) is 0 Å². The topological polar surface area (TPSA) is 0 Å². The average molecular weight is 361 g/mol. The smallest absolute Gasteiger partial charge is 0.131 e. The normalized spacial score (nSPS) is 10.9. The average Bonchev–Trinajstić information content (AvgIpc) is 2.72. The van der Waals surface area contributed by atoms with E-state index in [2.05, 4.69) is 43.3 Å². The predicted octanol–water partition coefficient (Wildman–Crippen LogP) is 7.18. The maximum atomic E-state index is 14.3. The Balaban J connectivity index is 1.61. The van der Waals surface area contributed by atoms with Crippen molar-refractivity contribution >= 4 is 0 Å². The van der Waals surface area contributed by atoms with Gasteiger partial charge in [0, 0.05) is 5.56 Å². The number of hydrogen-bond donors (Lipinski definition) is 0. The van der Waals surface area contributed by atoms with Crippen molar-refractivity contribution in [3.63, 3.8) is 0 Å². The molecule has 0 aliphatic rings. The second-order valence-electron chi connectivity index (χ2n) is 7.28. The molecule has 0 heterocycles. The molecule has 27 heavy (non-hydrogen) atoms. The Bertz CT molecular complexity index is 844. The Morgan fingerprint density at radius 1 is 0.630 bits per heavy atom. The van der Waals surface area contributed by atoms with Crippen LogP contribution in [0.3, 0.4) is 0 Å². The van der Waals surface area contributed by atoms with Crippen molar-refractivity contribution in [2.75, 3.05) is 0 Å². The summed E-state index contributed by atoms with van der Waals surface area (Å²) >= 11 is 0. The highest BCUT2D eigenvalue weighted by Gasteiger charge is 2.06. The monoisotopic (exact) mass is 360 g/mol. The molecular weight excluding hydrogens is 331 g/mol. The van der Waals surface area contributed by atoms with Gasteiger partial charge in [0.25, 0.3) is 0 Å². The summed E-state index contributed by atoms with van der Waals surface area (Å²) in [6.07, 6.45) is 6.57. The van der Waals surface area contributed by atoms with Crippen LogP contribution in [-0.4, -0.2) is 0 Å². The third-order valence-electron chi connectivity index (χ3n) is 5.25. The van der Waals surface area contributed by atoms with Crippen molar-refractivity contribution < 1.29 is 4.39 Å². The van der Waals surface area contributed by atoms with Gasteiger partial charge in [-0.05, 0) is 66.0 Å². The van der Waals surface area contributed by atoms with Gasteiger partial charge in [0.15, 0.2) is 0 Å². The number of rotatable bonds is 8. The SMILES string of the molecule is CCCCc1ccc(CCc2ccc(-c3ccc(CC)cc3F)cc2)cc1. The quantitative estimate of drug-likeness (QED) is 0.399. The Morgan fingerprint density at radius 2 is 1.15 bits per heavy atom. The molecular formula is C26H29F. The molecule has 3 rings (SSSR count). The van der Waals surface area contributed by atoms with E-state index in [0.717, 1.165) is 30.4 Å². The lowest BCUT2D eigenvalue weighted by molar-refractivity contribution is 0.629. The molecule has 1 heteroatoms. The van der Waals surface area contributed by atoms with Crippen LogP contribution < -0.4 is 0 Å². The number of halogens is 1. The van der Waals surface area contributed by atoms with Crippen molar-refractivity contribution in [2.45, 2.75) is 52.4 Å². The summed E-state index contributed by atoms with van der Waals surface area (Å²) in [7, 11) is 0. The highest BCUT2D eigenvalue weighted by Crippen LogP contribution is 2.24. The fourth-order valence-electron chi connectivity index (χ4n) is 3.41.